The number of halogens is 5. The molecule has 0 amide bonds. The zero-order chi connectivity index (χ0) is 11.5. The normalized spacial score (nSPS) is 24.2. The van der Waals surface area contributed by atoms with Crippen molar-refractivity contribution in [1.82, 2.24) is 0 Å². The molecule has 1 aliphatic rings. The summed E-state index contributed by atoms with van der Waals surface area (Å²) in [4.78, 5) is 0. The highest BCUT2D eigenvalue weighted by Gasteiger charge is 2.59. The van der Waals surface area contributed by atoms with Crippen LogP contribution in [0.15, 0.2) is 0 Å². The molecule has 7 heteroatoms. The second kappa shape index (κ2) is 4.61. The quantitative estimate of drug-likeness (QED) is 0.699. The molecule has 1 saturated heterocycles. The molecule has 1 unspecified atom stereocenters. The van der Waals surface area contributed by atoms with Crippen LogP contribution in [0.4, 0.5) is 22.0 Å². The van der Waals surface area contributed by atoms with Crippen molar-refractivity contribution < 1.29 is 31.4 Å². The van der Waals surface area contributed by atoms with Gasteiger partial charge >= 0.3 is 12.3 Å². The molecule has 0 N–H and O–H groups in total. The van der Waals surface area contributed by atoms with Gasteiger partial charge in [0.2, 0.25) is 0 Å². The molecule has 0 saturated carbocycles. The van der Waals surface area contributed by atoms with Crippen LogP contribution in [0.25, 0.3) is 0 Å². The third-order valence-corrected chi connectivity index (χ3v) is 2.05. The molecule has 0 aromatic carbocycles. The number of hydrogen-bond donors (Lipinski definition) is 0. The minimum Gasteiger partial charge on any atom is -0.376 e. The maximum atomic E-state index is 12.3. The summed E-state index contributed by atoms with van der Waals surface area (Å²) in [6.07, 6.45) is -9.41. The first-order chi connectivity index (χ1) is 6.83. The topological polar surface area (TPSA) is 18.5 Å². The third-order valence-electron chi connectivity index (χ3n) is 2.05. The fraction of sp³-hybridized carbons (Fsp3) is 1.00. The van der Waals surface area contributed by atoms with E-state index < -0.39 is 25.0 Å². The highest BCUT2D eigenvalue weighted by molar-refractivity contribution is 4.68. The van der Waals surface area contributed by atoms with Crippen molar-refractivity contribution in [2.45, 2.75) is 37.7 Å². The monoisotopic (exact) mass is 234 g/mol. The Morgan fingerprint density at radius 2 is 1.80 bits per heavy atom. The molecule has 15 heavy (non-hydrogen) atoms. The second-order valence-corrected chi connectivity index (χ2v) is 3.31. The largest absolute Gasteiger partial charge is 0.482 e. The molecule has 2 nitrogen and oxygen atoms in total. The Kier molecular flexibility index (Phi) is 3.88. The van der Waals surface area contributed by atoms with Crippen LogP contribution in [-0.2, 0) is 9.47 Å². The SMILES string of the molecule is FC(F)(F)C(F)(F)OCC1CCCCO1. The molecule has 0 bridgehead atoms. The molecule has 1 aliphatic heterocycles. The van der Waals surface area contributed by atoms with Crippen LogP contribution in [0.2, 0.25) is 0 Å². The third kappa shape index (κ3) is 3.57. The number of hydrogen-bond acceptors (Lipinski definition) is 2. The Balaban J connectivity index is 2.35. The van der Waals surface area contributed by atoms with Crippen LogP contribution < -0.4 is 0 Å². The second-order valence-electron chi connectivity index (χ2n) is 3.31. The molecule has 0 aromatic heterocycles. The van der Waals surface area contributed by atoms with Gasteiger partial charge in [0.1, 0.15) is 0 Å². The molecule has 0 spiro atoms. The highest BCUT2D eigenvalue weighted by atomic mass is 19.4. The van der Waals surface area contributed by atoms with Gasteiger partial charge in [0, 0.05) is 6.61 Å². The first-order valence-electron chi connectivity index (χ1n) is 4.53. The van der Waals surface area contributed by atoms with E-state index in [4.69, 9.17) is 4.74 Å². The Morgan fingerprint density at radius 1 is 1.13 bits per heavy atom. The van der Waals surface area contributed by atoms with Crippen LogP contribution >= 0.6 is 0 Å². The van der Waals surface area contributed by atoms with Gasteiger partial charge in [-0.1, -0.05) is 0 Å². The van der Waals surface area contributed by atoms with Crippen molar-refractivity contribution in [3.8, 4) is 0 Å². The molecule has 1 atom stereocenters. The fourth-order valence-corrected chi connectivity index (χ4v) is 1.22. The first kappa shape index (κ1) is 12.6. The van der Waals surface area contributed by atoms with E-state index >= 15 is 0 Å². The van der Waals surface area contributed by atoms with Crippen molar-refractivity contribution in [2.75, 3.05) is 13.2 Å². The van der Waals surface area contributed by atoms with Gasteiger partial charge in [0.25, 0.3) is 0 Å². The average Bonchev–Trinajstić information content (AvgIpc) is 2.15. The molecule has 1 rings (SSSR count). The van der Waals surface area contributed by atoms with Crippen molar-refractivity contribution in [3.63, 3.8) is 0 Å². The van der Waals surface area contributed by atoms with Crippen LogP contribution in [0.3, 0.4) is 0 Å². The zero-order valence-corrected chi connectivity index (χ0v) is 7.82. The molecular formula is C8H11F5O2. The maximum absolute atomic E-state index is 12.3. The summed E-state index contributed by atoms with van der Waals surface area (Å²) in [7, 11) is 0. The lowest BCUT2D eigenvalue weighted by atomic mass is 10.1. The minimum absolute atomic E-state index is 0.381. The van der Waals surface area contributed by atoms with E-state index in [0.29, 0.717) is 13.0 Å². The lowest BCUT2D eigenvalue weighted by molar-refractivity contribution is -0.395. The summed E-state index contributed by atoms with van der Waals surface area (Å²) in [6, 6.07) is 0. The lowest BCUT2D eigenvalue weighted by Crippen LogP contribution is -2.41. The van der Waals surface area contributed by atoms with E-state index in [2.05, 4.69) is 4.74 Å². The molecule has 0 aliphatic carbocycles. The summed E-state index contributed by atoms with van der Waals surface area (Å²) in [6.45, 7) is -0.349. The van der Waals surface area contributed by atoms with Crippen molar-refractivity contribution in [2.24, 2.45) is 0 Å². The van der Waals surface area contributed by atoms with Crippen LogP contribution in [0.1, 0.15) is 19.3 Å². The standard InChI is InChI=1S/C8H11F5O2/c9-7(10,11)8(12,13)15-5-6-3-1-2-4-14-6/h6H,1-5H2. The van der Waals surface area contributed by atoms with Gasteiger partial charge in [-0.05, 0) is 19.3 Å². The van der Waals surface area contributed by atoms with Crippen molar-refractivity contribution >= 4 is 0 Å². The van der Waals surface area contributed by atoms with E-state index in [-0.39, 0.29) is 0 Å². The van der Waals surface area contributed by atoms with Crippen LogP contribution in [0, 0.1) is 0 Å². The molecular weight excluding hydrogens is 223 g/mol. The van der Waals surface area contributed by atoms with E-state index in [1.165, 1.54) is 0 Å². The van der Waals surface area contributed by atoms with E-state index in [9.17, 15) is 22.0 Å². The number of ether oxygens (including phenoxy) is 2. The van der Waals surface area contributed by atoms with Gasteiger partial charge in [-0.25, -0.2) is 0 Å². The molecule has 0 radical (unpaired) electrons. The minimum atomic E-state index is -5.67. The lowest BCUT2D eigenvalue weighted by Gasteiger charge is -2.25. The van der Waals surface area contributed by atoms with Crippen molar-refractivity contribution in [3.05, 3.63) is 0 Å². The van der Waals surface area contributed by atoms with Gasteiger partial charge in [-0.15, -0.1) is 0 Å². The van der Waals surface area contributed by atoms with Gasteiger partial charge in [-0.3, -0.25) is 0 Å². The predicted octanol–water partition coefficient (Wildman–Crippen LogP) is 2.73. The Labute approximate surface area is 83.3 Å². The van der Waals surface area contributed by atoms with E-state index in [1.54, 1.807) is 0 Å². The van der Waals surface area contributed by atoms with Crippen molar-refractivity contribution in [1.29, 1.82) is 0 Å². The fourth-order valence-electron chi connectivity index (χ4n) is 1.22. The molecule has 90 valence electrons. The smallest absolute Gasteiger partial charge is 0.376 e. The van der Waals surface area contributed by atoms with Gasteiger partial charge in [-0.2, -0.15) is 22.0 Å². The Bertz CT molecular complexity index is 198. The number of alkyl halides is 5. The Hall–Kier alpha value is -0.430. The van der Waals surface area contributed by atoms with Crippen LogP contribution in [0.5, 0.6) is 0 Å². The van der Waals surface area contributed by atoms with Crippen LogP contribution in [-0.4, -0.2) is 31.6 Å². The summed E-state index contributed by atoms with van der Waals surface area (Å²) < 4.78 is 68.1. The summed E-state index contributed by atoms with van der Waals surface area (Å²) in [5, 5.41) is 0. The molecule has 0 aromatic rings. The van der Waals surface area contributed by atoms with Gasteiger partial charge < -0.3 is 9.47 Å². The molecule has 1 fully saturated rings. The summed E-state index contributed by atoms with van der Waals surface area (Å²) >= 11 is 0. The van der Waals surface area contributed by atoms with Gasteiger partial charge in [0.05, 0.1) is 12.7 Å². The first-order valence-corrected chi connectivity index (χ1v) is 4.53. The maximum Gasteiger partial charge on any atom is 0.482 e. The van der Waals surface area contributed by atoms with E-state index in [1.807, 2.05) is 0 Å². The Morgan fingerprint density at radius 3 is 2.27 bits per heavy atom. The summed E-state index contributed by atoms with van der Waals surface area (Å²) in [5.74, 6) is 0. The van der Waals surface area contributed by atoms with E-state index in [0.717, 1.165) is 12.8 Å². The molecule has 1 heterocycles. The zero-order valence-electron chi connectivity index (χ0n) is 7.82. The summed E-state index contributed by atoms with van der Waals surface area (Å²) in [5.41, 5.74) is 0. The highest BCUT2D eigenvalue weighted by Crippen LogP contribution is 2.36. The number of rotatable bonds is 3. The average molecular weight is 234 g/mol. The predicted molar refractivity (Wildman–Crippen MR) is 40.5 cm³/mol. The van der Waals surface area contributed by atoms with Gasteiger partial charge in [0.15, 0.2) is 0 Å².